The summed E-state index contributed by atoms with van der Waals surface area (Å²) in [6, 6.07) is 17.0. The Kier molecular flexibility index (Phi) is 7.97. The lowest BCUT2D eigenvalue weighted by molar-refractivity contribution is -0.144. The van der Waals surface area contributed by atoms with E-state index in [0.29, 0.717) is 28.3 Å². The SMILES string of the molecule is COc1cc([C@H]2C3=CC[C@@H]4C(=O)N(C5CCCCC5)C(=O)[C@@H]4[C@@H]3C[C@H]3C(=O)N(Nc4ccc(F)cc4)C(=O)[C@@]23c2ccc(Cl)cc2)ccc1O. The Morgan fingerprint density at radius 3 is 2.32 bits per heavy atom. The number of amides is 4. The molecule has 5 aliphatic rings. The fourth-order valence-corrected chi connectivity index (χ4v) is 9.75. The number of carbonyl (C=O) groups is 4. The number of hydrazine groups is 1. The third-order valence-corrected chi connectivity index (χ3v) is 12.0. The summed E-state index contributed by atoms with van der Waals surface area (Å²) in [6.45, 7) is 0. The second kappa shape index (κ2) is 12.3. The molecule has 4 fully saturated rings. The van der Waals surface area contributed by atoms with E-state index < -0.39 is 52.6 Å². The van der Waals surface area contributed by atoms with Crippen LogP contribution in [0.3, 0.4) is 0 Å². The normalized spacial score (nSPS) is 29.4. The summed E-state index contributed by atoms with van der Waals surface area (Å²) >= 11 is 6.36. The Labute approximate surface area is 294 Å². The van der Waals surface area contributed by atoms with E-state index in [1.165, 1.54) is 42.3 Å². The van der Waals surface area contributed by atoms with Crippen molar-refractivity contribution in [2.45, 2.75) is 62.3 Å². The molecule has 0 spiro atoms. The number of allylic oxidation sites excluding steroid dienone is 2. The molecular weight excluding hydrogens is 661 g/mol. The van der Waals surface area contributed by atoms with Gasteiger partial charge in [-0.25, -0.2) is 4.39 Å². The lowest BCUT2D eigenvalue weighted by Gasteiger charge is -2.50. The maximum Gasteiger partial charge on any atom is 0.260 e. The number of hydrogen-bond donors (Lipinski definition) is 2. The molecule has 0 bridgehead atoms. The minimum absolute atomic E-state index is 0.0912. The van der Waals surface area contributed by atoms with Crippen LogP contribution in [0.2, 0.25) is 5.02 Å². The number of phenolic OH excluding ortho intramolecular Hbond substituents is 1. The van der Waals surface area contributed by atoms with Gasteiger partial charge in [0.15, 0.2) is 11.5 Å². The summed E-state index contributed by atoms with van der Waals surface area (Å²) in [4.78, 5) is 59.9. The fraction of sp³-hybridized carbons (Fsp3) is 0.385. The third-order valence-electron chi connectivity index (χ3n) is 11.8. The Hall–Kier alpha value is -4.70. The van der Waals surface area contributed by atoms with Crippen LogP contribution in [-0.4, -0.2) is 51.8 Å². The number of ether oxygens (including phenoxy) is 1. The number of hydrogen-bond acceptors (Lipinski definition) is 7. The highest BCUT2D eigenvalue weighted by Gasteiger charge is 2.70. The first-order valence-electron chi connectivity index (χ1n) is 17.3. The third kappa shape index (κ3) is 4.78. The van der Waals surface area contributed by atoms with E-state index in [2.05, 4.69) is 5.43 Å². The number of phenols is 1. The van der Waals surface area contributed by atoms with Gasteiger partial charge in [-0.05, 0) is 91.3 Å². The highest BCUT2D eigenvalue weighted by Crippen LogP contribution is 2.64. The van der Waals surface area contributed by atoms with E-state index in [0.717, 1.165) is 42.7 Å². The fourth-order valence-electron chi connectivity index (χ4n) is 9.63. The Morgan fingerprint density at radius 2 is 1.62 bits per heavy atom. The number of imide groups is 2. The molecule has 2 N–H and O–H groups in total. The van der Waals surface area contributed by atoms with Gasteiger partial charge in [-0.15, -0.1) is 0 Å². The Balaban J connectivity index is 1.32. The number of likely N-dealkylation sites (tertiary alicyclic amines) is 1. The van der Waals surface area contributed by atoms with E-state index in [1.807, 2.05) is 6.08 Å². The van der Waals surface area contributed by atoms with Gasteiger partial charge in [0.2, 0.25) is 11.8 Å². The molecule has 6 atom stereocenters. The zero-order chi connectivity index (χ0) is 34.9. The average Bonchev–Trinajstić information content (AvgIpc) is 3.51. The molecule has 258 valence electrons. The molecule has 3 aromatic rings. The summed E-state index contributed by atoms with van der Waals surface area (Å²) in [5, 5.41) is 12.1. The smallest absolute Gasteiger partial charge is 0.260 e. The number of methoxy groups -OCH3 is 1. The largest absolute Gasteiger partial charge is 0.504 e. The molecule has 0 unspecified atom stereocenters. The molecule has 0 aromatic heterocycles. The molecule has 11 heteroatoms. The topological polar surface area (TPSA) is 116 Å². The standard InChI is InChI=1S/C39H37ClFN3O6/c1-50-32-19-21(7-18-31(32)45)34-27-16-17-28-33(37(48)43(35(28)46)26-5-3-2-4-6-26)29(27)20-30-36(47)44(42-25-14-12-24(41)13-15-25)38(49)39(30,34)22-8-10-23(40)11-9-22/h7-16,18-19,26,28-30,33-34,42,45H,2-6,17,20H2,1H3/t28-,29+,30-,33-,34-,39+/m0/s1. The minimum atomic E-state index is -1.51. The number of nitrogens with zero attached hydrogens (tertiary/aromatic N) is 2. The number of carbonyl (C=O) groups excluding carboxylic acids is 4. The van der Waals surface area contributed by atoms with Crippen LogP contribution in [0.4, 0.5) is 10.1 Å². The summed E-state index contributed by atoms with van der Waals surface area (Å²) in [5.74, 6) is -5.18. The van der Waals surface area contributed by atoms with Crippen LogP contribution < -0.4 is 10.2 Å². The van der Waals surface area contributed by atoms with Crippen LogP contribution in [0.1, 0.15) is 62.0 Å². The van der Waals surface area contributed by atoms with Gasteiger partial charge < -0.3 is 9.84 Å². The van der Waals surface area contributed by atoms with Crippen molar-refractivity contribution in [3.8, 4) is 11.5 Å². The molecule has 3 aliphatic carbocycles. The molecule has 2 saturated carbocycles. The average molecular weight is 698 g/mol. The van der Waals surface area contributed by atoms with Crippen LogP contribution in [-0.2, 0) is 24.6 Å². The molecule has 2 aliphatic heterocycles. The van der Waals surface area contributed by atoms with Crippen molar-refractivity contribution in [1.82, 2.24) is 9.91 Å². The predicted octanol–water partition coefficient (Wildman–Crippen LogP) is 6.51. The number of anilines is 1. The number of rotatable bonds is 6. The quantitative estimate of drug-likeness (QED) is 0.223. The minimum Gasteiger partial charge on any atom is -0.504 e. The first kappa shape index (κ1) is 32.5. The van der Waals surface area contributed by atoms with E-state index >= 15 is 4.79 Å². The molecular formula is C39H37ClFN3O6. The van der Waals surface area contributed by atoms with Gasteiger partial charge in [0.05, 0.1) is 36.0 Å². The maximum absolute atomic E-state index is 15.2. The molecule has 4 amide bonds. The molecule has 3 aromatic carbocycles. The van der Waals surface area contributed by atoms with Gasteiger partial charge in [0, 0.05) is 17.0 Å². The molecule has 2 saturated heterocycles. The van der Waals surface area contributed by atoms with Crippen molar-refractivity contribution >= 4 is 40.9 Å². The van der Waals surface area contributed by atoms with Gasteiger partial charge in [-0.1, -0.05) is 60.7 Å². The van der Waals surface area contributed by atoms with Crippen LogP contribution in [0, 0.1) is 29.5 Å². The highest BCUT2D eigenvalue weighted by atomic mass is 35.5. The summed E-state index contributed by atoms with van der Waals surface area (Å²) in [5.41, 5.74) is 3.76. The number of benzene rings is 3. The molecule has 9 nitrogen and oxygen atoms in total. The lowest BCUT2D eigenvalue weighted by Crippen LogP contribution is -2.53. The molecule has 50 heavy (non-hydrogen) atoms. The van der Waals surface area contributed by atoms with Gasteiger partial charge in [0.1, 0.15) is 5.82 Å². The second-order valence-corrected chi connectivity index (χ2v) is 14.6. The maximum atomic E-state index is 15.2. The molecule has 8 rings (SSSR count). The first-order chi connectivity index (χ1) is 24.1. The van der Waals surface area contributed by atoms with Gasteiger partial charge in [0.25, 0.3) is 11.8 Å². The second-order valence-electron chi connectivity index (χ2n) is 14.1. The lowest BCUT2D eigenvalue weighted by atomic mass is 9.49. The number of aromatic hydroxyl groups is 1. The Morgan fingerprint density at radius 1 is 0.900 bits per heavy atom. The Bertz CT molecular complexity index is 1930. The van der Waals surface area contributed by atoms with Crippen molar-refractivity contribution in [3.05, 3.63) is 100 Å². The van der Waals surface area contributed by atoms with E-state index in [-0.39, 0.29) is 35.8 Å². The van der Waals surface area contributed by atoms with Crippen molar-refractivity contribution < 1.29 is 33.4 Å². The number of nitrogens with one attached hydrogen (secondary N) is 1. The summed E-state index contributed by atoms with van der Waals surface area (Å²) < 4.78 is 19.4. The van der Waals surface area contributed by atoms with Crippen LogP contribution >= 0.6 is 11.6 Å². The van der Waals surface area contributed by atoms with Crippen molar-refractivity contribution in [3.63, 3.8) is 0 Å². The van der Waals surface area contributed by atoms with E-state index in [9.17, 15) is 23.9 Å². The van der Waals surface area contributed by atoms with Crippen LogP contribution in [0.5, 0.6) is 11.5 Å². The van der Waals surface area contributed by atoms with Crippen LogP contribution in [0.25, 0.3) is 0 Å². The van der Waals surface area contributed by atoms with Gasteiger partial charge in [-0.2, -0.15) is 5.01 Å². The van der Waals surface area contributed by atoms with Crippen molar-refractivity contribution in [2.75, 3.05) is 12.5 Å². The zero-order valence-electron chi connectivity index (χ0n) is 27.5. The zero-order valence-corrected chi connectivity index (χ0v) is 28.2. The first-order valence-corrected chi connectivity index (χ1v) is 17.6. The van der Waals surface area contributed by atoms with Gasteiger partial charge >= 0.3 is 0 Å². The highest BCUT2D eigenvalue weighted by molar-refractivity contribution is 6.30. The monoisotopic (exact) mass is 697 g/mol. The van der Waals surface area contributed by atoms with E-state index in [4.69, 9.17) is 16.3 Å². The molecule has 2 heterocycles. The predicted molar refractivity (Wildman–Crippen MR) is 182 cm³/mol. The number of halogens is 2. The van der Waals surface area contributed by atoms with Gasteiger partial charge in [-0.3, -0.25) is 29.5 Å². The van der Waals surface area contributed by atoms with Crippen LogP contribution in [0.15, 0.2) is 78.4 Å². The van der Waals surface area contributed by atoms with Crippen molar-refractivity contribution in [2.24, 2.45) is 23.7 Å². The van der Waals surface area contributed by atoms with Crippen molar-refractivity contribution in [1.29, 1.82) is 0 Å². The summed E-state index contributed by atoms with van der Waals surface area (Å²) in [7, 11) is 1.44. The number of fused-ring (bicyclic) bond motifs is 4. The molecule has 0 radical (unpaired) electrons. The summed E-state index contributed by atoms with van der Waals surface area (Å²) in [6.07, 6.45) is 7.09. The van der Waals surface area contributed by atoms with E-state index in [1.54, 1.807) is 36.4 Å².